The summed E-state index contributed by atoms with van der Waals surface area (Å²) in [5, 5.41) is 10.4. The second kappa shape index (κ2) is 7.29. The lowest BCUT2D eigenvalue weighted by atomic mass is 9.97. The molecule has 5 heteroatoms. The van der Waals surface area contributed by atoms with Crippen LogP contribution in [-0.4, -0.2) is 16.9 Å². The average Bonchev–Trinajstić information content (AvgIpc) is 3.07. The molecule has 1 heterocycles. The Bertz CT molecular complexity index is 1170. The molecule has 0 unspecified atom stereocenters. The lowest BCUT2D eigenvalue weighted by Gasteiger charge is -2.07. The van der Waals surface area contributed by atoms with Crippen molar-refractivity contribution in [3.05, 3.63) is 83.9 Å². The Kier molecular flexibility index (Phi) is 4.67. The van der Waals surface area contributed by atoms with Gasteiger partial charge in [-0.05, 0) is 60.2 Å². The molecule has 0 aliphatic rings. The third-order valence-electron chi connectivity index (χ3n) is 4.33. The highest BCUT2D eigenvalue weighted by atomic mass is 32.1. The van der Waals surface area contributed by atoms with Crippen molar-refractivity contribution in [2.75, 3.05) is 0 Å². The molecule has 0 aliphatic heterocycles. The van der Waals surface area contributed by atoms with Gasteiger partial charge in [0.05, 0.1) is 0 Å². The number of phenolic OH excluding ortho intramolecular Hbond substituents is 1. The summed E-state index contributed by atoms with van der Waals surface area (Å²) in [5.74, 6) is 0.103. The number of aromatic hydroxyl groups is 1. The molecule has 0 fully saturated rings. The molecule has 4 nitrogen and oxygen atoms in total. The van der Waals surface area contributed by atoms with Crippen molar-refractivity contribution in [1.29, 1.82) is 0 Å². The van der Waals surface area contributed by atoms with Crippen LogP contribution in [-0.2, 0) is 4.79 Å². The second-order valence-electron chi connectivity index (χ2n) is 6.30. The molecular weight excluding hydrogens is 372 g/mol. The Balaban J connectivity index is 1.84. The predicted octanol–water partition coefficient (Wildman–Crippen LogP) is 5.43. The number of phenols is 1. The standard InChI is InChI=1S/C23H16O4S/c1-14(24)27-18-12-8-16(9-13-18)23-21(19-4-2-3-5-20(19)28-23)22(26)15-6-10-17(25)11-7-15/h2-13,25H,1H3. The van der Waals surface area contributed by atoms with Crippen LogP contribution < -0.4 is 4.74 Å². The Morgan fingerprint density at radius 1 is 0.893 bits per heavy atom. The SMILES string of the molecule is CC(=O)Oc1ccc(-c2sc3ccccc3c2C(=O)c2ccc(O)cc2)cc1. The minimum absolute atomic E-state index is 0.100. The summed E-state index contributed by atoms with van der Waals surface area (Å²) in [6, 6.07) is 21.2. The van der Waals surface area contributed by atoms with E-state index in [9.17, 15) is 14.7 Å². The first-order chi connectivity index (χ1) is 13.5. The molecule has 3 aromatic carbocycles. The zero-order chi connectivity index (χ0) is 19.7. The second-order valence-corrected chi connectivity index (χ2v) is 7.35. The molecule has 0 spiro atoms. The molecule has 4 rings (SSSR count). The van der Waals surface area contributed by atoms with E-state index in [2.05, 4.69) is 0 Å². The predicted molar refractivity (Wildman–Crippen MR) is 110 cm³/mol. The van der Waals surface area contributed by atoms with Crippen molar-refractivity contribution < 1.29 is 19.4 Å². The van der Waals surface area contributed by atoms with Gasteiger partial charge < -0.3 is 9.84 Å². The van der Waals surface area contributed by atoms with E-state index in [0.29, 0.717) is 16.9 Å². The summed E-state index contributed by atoms with van der Waals surface area (Å²) in [6.45, 7) is 1.36. The lowest BCUT2D eigenvalue weighted by molar-refractivity contribution is -0.131. The number of ketones is 1. The van der Waals surface area contributed by atoms with E-state index in [0.717, 1.165) is 20.5 Å². The van der Waals surface area contributed by atoms with Crippen LogP contribution in [0.15, 0.2) is 72.8 Å². The normalized spacial score (nSPS) is 10.8. The molecule has 28 heavy (non-hydrogen) atoms. The number of carbonyl (C=O) groups excluding carboxylic acids is 2. The van der Waals surface area contributed by atoms with Crippen molar-refractivity contribution in [1.82, 2.24) is 0 Å². The van der Waals surface area contributed by atoms with Crippen LogP contribution in [0.5, 0.6) is 11.5 Å². The van der Waals surface area contributed by atoms with Gasteiger partial charge in [-0.3, -0.25) is 9.59 Å². The number of carbonyl (C=O) groups is 2. The van der Waals surface area contributed by atoms with E-state index in [1.807, 2.05) is 36.4 Å². The molecule has 0 saturated heterocycles. The maximum atomic E-state index is 13.3. The van der Waals surface area contributed by atoms with E-state index in [-0.39, 0.29) is 17.5 Å². The summed E-state index contributed by atoms with van der Waals surface area (Å²) >= 11 is 1.54. The number of ether oxygens (including phenoxy) is 1. The number of hydrogen-bond acceptors (Lipinski definition) is 5. The maximum Gasteiger partial charge on any atom is 0.308 e. The molecule has 0 amide bonds. The number of fused-ring (bicyclic) bond motifs is 1. The van der Waals surface area contributed by atoms with Crippen LogP contribution in [0, 0.1) is 0 Å². The average molecular weight is 388 g/mol. The Hall–Kier alpha value is -3.44. The van der Waals surface area contributed by atoms with Crippen molar-refractivity contribution >= 4 is 33.2 Å². The van der Waals surface area contributed by atoms with Crippen LogP contribution in [0.3, 0.4) is 0 Å². The van der Waals surface area contributed by atoms with E-state index >= 15 is 0 Å². The van der Waals surface area contributed by atoms with Gasteiger partial charge in [0.1, 0.15) is 11.5 Å². The van der Waals surface area contributed by atoms with E-state index in [4.69, 9.17) is 4.74 Å². The molecule has 0 atom stereocenters. The van der Waals surface area contributed by atoms with Gasteiger partial charge in [0.2, 0.25) is 0 Å². The first kappa shape index (κ1) is 17.9. The van der Waals surface area contributed by atoms with Gasteiger partial charge in [0.15, 0.2) is 5.78 Å². The van der Waals surface area contributed by atoms with Crippen molar-refractivity contribution in [2.45, 2.75) is 6.92 Å². The fourth-order valence-corrected chi connectivity index (χ4v) is 4.28. The minimum atomic E-state index is -0.377. The van der Waals surface area contributed by atoms with Crippen LogP contribution >= 0.6 is 11.3 Å². The highest BCUT2D eigenvalue weighted by Gasteiger charge is 2.21. The topological polar surface area (TPSA) is 63.6 Å². The van der Waals surface area contributed by atoms with Crippen LogP contribution in [0.25, 0.3) is 20.5 Å². The lowest BCUT2D eigenvalue weighted by Crippen LogP contribution is -2.02. The van der Waals surface area contributed by atoms with E-state index < -0.39 is 0 Å². The zero-order valence-electron chi connectivity index (χ0n) is 15.0. The highest BCUT2D eigenvalue weighted by molar-refractivity contribution is 7.22. The van der Waals surface area contributed by atoms with Crippen molar-refractivity contribution in [2.24, 2.45) is 0 Å². The van der Waals surface area contributed by atoms with Crippen LogP contribution in [0.2, 0.25) is 0 Å². The third kappa shape index (κ3) is 3.40. The van der Waals surface area contributed by atoms with Gasteiger partial charge in [-0.1, -0.05) is 18.2 Å². The van der Waals surface area contributed by atoms with E-state index in [1.165, 1.54) is 19.1 Å². The van der Waals surface area contributed by atoms with E-state index in [1.54, 1.807) is 35.6 Å². The van der Waals surface area contributed by atoms with Crippen LogP contribution in [0.1, 0.15) is 22.8 Å². The fourth-order valence-electron chi connectivity index (χ4n) is 3.07. The number of benzene rings is 3. The molecular formula is C23H16O4S. The van der Waals surface area contributed by atoms with Gasteiger partial charge in [-0.15, -0.1) is 11.3 Å². The van der Waals surface area contributed by atoms with Gasteiger partial charge in [0.25, 0.3) is 0 Å². The quantitative estimate of drug-likeness (QED) is 0.288. The molecule has 0 radical (unpaired) electrons. The minimum Gasteiger partial charge on any atom is -0.508 e. The van der Waals surface area contributed by atoms with Gasteiger partial charge in [0, 0.05) is 33.0 Å². The van der Waals surface area contributed by atoms with Crippen LogP contribution in [0.4, 0.5) is 0 Å². The Morgan fingerprint density at radius 3 is 2.25 bits per heavy atom. The fraction of sp³-hybridized carbons (Fsp3) is 0.0435. The maximum absolute atomic E-state index is 13.3. The number of esters is 1. The Morgan fingerprint density at radius 2 is 1.57 bits per heavy atom. The molecule has 1 N–H and O–H groups in total. The molecule has 0 saturated carbocycles. The Labute approximate surface area is 165 Å². The summed E-state index contributed by atoms with van der Waals surface area (Å²) in [5.41, 5.74) is 2.02. The largest absolute Gasteiger partial charge is 0.508 e. The number of hydrogen-bond donors (Lipinski definition) is 1. The summed E-state index contributed by atoms with van der Waals surface area (Å²) in [6.07, 6.45) is 0. The van der Waals surface area contributed by atoms with Crippen molar-refractivity contribution in [3.63, 3.8) is 0 Å². The molecule has 4 aromatic rings. The first-order valence-corrected chi connectivity index (χ1v) is 9.48. The summed E-state index contributed by atoms with van der Waals surface area (Å²) in [4.78, 5) is 25.3. The highest BCUT2D eigenvalue weighted by Crippen LogP contribution is 2.40. The smallest absolute Gasteiger partial charge is 0.308 e. The summed E-state index contributed by atoms with van der Waals surface area (Å²) in [7, 11) is 0. The van der Waals surface area contributed by atoms with Gasteiger partial charge in [-0.25, -0.2) is 0 Å². The molecule has 138 valence electrons. The molecule has 0 aliphatic carbocycles. The zero-order valence-corrected chi connectivity index (χ0v) is 15.8. The van der Waals surface area contributed by atoms with Gasteiger partial charge in [-0.2, -0.15) is 0 Å². The first-order valence-electron chi connectivity index (χ1n) is 8.67. The summed E-state index contributed by atoms with van der Waals surface area (Å²) < 4.78 is 6.11. The van der Waals surface area contributed by atoms with Gasteiger partial charge >= 0.3 is 5.97 Å². The third-order valence-corrected chi connectivity index (χ3v) is 5.55. The molecule has 0 bridgehead atoms. The number of thiophene rings is 1. The monoisotopic (exact) mass is 388 g/mol. The van der Waals surface area contributed by atoms with Crippen molar-refractivity contribution in [3.8, 4) is 21.9 Å². The molecule has 1 aromatic heterocycles. The number of rotatable bonds is 4.